The Kier molecular flexibility index (Phi) is 103. The fourth-order valence-electron chi connectivity index (χ4n) is 0. The molecule has 0 spiro atoms. The van der Waals surface area contributed by atoms with Gasteiger partial charge in [-0.2, -0.15) is 0 Å². The largest absolute Gasteiger partial charge is 0 e. The van der Waals surface area contributed by atoms with Gasteiger partial charge in [0.05, 0.1) is 0 Å². The van der Waals surface area contributed by atoms with Crippen LogP contribution in [0.15, 0.2) is 0 Å². The SMILES string of the molecule is [Ag].[Er].[Te].[Te]. The van der Waals surface area contributed by atoms with Crippen molar-refractivity contribution in [3.05, 3.63) is 0 Å². The van der Waals surface area contributed by atoms with Crippen molar-refractivity contribution in [2.45, 2.75) is 0 Å². The van der Waals surface area contributed by atoms with E-state index >= 15 is 0 Å². The van der Waals surface area contributed by atoms with E-state index in [2.05, 4.69) is 0 Å². The molecule has 0 aromatic carbocycles. The summed E-state index contributed by atoms with van der Waals surface area (Å²) in [6.07, 6.45) is 0. The van der Waals surface area contributed by atoms with Crippen molar-refractivity contribution in [3.8, 4) is 0 Å². The fraction of sp³-hybridized carbons (Fsp3) is 0. The molecule has 35 valence electrons. The van der Waals surface area contributed by atoms with Gasteiger partial charge in [0.2, 0.25) is 0 Å². The molecule has 0 N–H and O–H groups in total. The third-order valence-electron chi connectivity index (χ3n) is 0. The molecule has 4 heavy (non-hydrogen) atoms. The summed E-state index contributed by atoms with van der Waals surface area (Å²) < 4.78 is 0. The fourth-order valence-corrected chi connectivity index (χ4v) is 0. The van der Waals surface area contributed by atoms with Gasteiger partial charge in [-0.25, -0.2) is 0 Å². The number of hydrogen-bond donors (Lipinski definition) is 0. The van der Waals surface area contributed by atoms with Gasteiger partial charge in [0.25, 0.3) is 0 Å². The Morgan fingerprint density at radius 3 is 0.750 bits per heavy atom. The van der Waals surface area contributed by atoms with Crippen molar-refractivity contribution in [1.29, 1.82) is 0 Å². The summed E-state index contributed by atoms with van der Waals surface area (Å²) in [7, 11) is 0. The zero-order chi connectivity index (χ0) is 0. The van der Waals surface area contributed by atoms with Gasteiger partial charge in [-0.05, 0) is 0 Å². The molecule has 0 saturated heterocycles. The van der Waals surface area contributed by atoms with E-state index in [1.807, 2.05) is 0 Å². The van der Waals surface area contributed by atoms with Gasteiger partial charge in [0.1, 0.15) is 0 Å². The zero-order valence-electron chi connectivity index (χ0n) is 1.41. The third-order valence-corrected chi connectivity index (χ3v) is 0. The Morgan fingerprint density at radius 2 is 0.750 bits per heavy atom. The van der Waals surface area contributed by atoms with Gasteiger partial charge in [-0.3, -0.25) is 0 Å². The van der Waals surface area contributed by atoms with Gasteiger partial charge in [0, 0.05) is 107 Å². The van der Waals surface area contributed by atoms with Crippen LogP contribution in [0.25, 0.3) is 0 Å². The maximum atomic E-state index is 0. The standard InChI is InChI=1S/Ag.Er.2Te. The van der Waals surface area contributed by atoms with Crippen molar-refractivity contribution in [2.75, 3.05) is 0 Å². The van der Waals surface area contributed by atoms with Crippen molar-refractivity contribution in [2.24, 2.45) is 0 Å². The maximum absolute atomic E-state index is 0. The molecule has 4 heteroatoms. The van der Waals surface area contributed by atoms with E-state index in [1.165, 1.54) is 0 Å². The summed E-state index contributed by atoms with van der Waals surface area (Å²) in [5.41, 5.74) is 0. The van der Waals surface area contributed by atoms with Crippen LogP contribution in [-0.4, -0.2) is 47.3 Å². The van der Waals surface area contributed by atoms with Crippen molar-refractivity contribution in [3.63, 3.8) is 0 Å². The molecule has 0 heterocycles. The average Bonchev–Trinajstić information content (AvgIpc) is 0. The molecule has 0 nitrogen and oxygen atoms in total. The predicted molar refractivity (Wildman–Crippen MR) is 11.5 cm³/mol. The first-order valence-corrected chi connectivity index (χ1v) is 0. The van der Waals surface area contributed by atoms with Crippen LogP contribution < -0.4 is 0 Å². The van der Waals surface area contributed by atoms with Crippen molar-refractivity contribution in [1.82, 2.24) is 0 Å². The predicted octanol–water partition coefficient (Wildman–Crippen LogP) is -0.764. The van der Waals surface area contributed by atoms with Crippen LogP contribution in [0.4, 0.5) is 0 Å². The Balaban J connectivity index is 0. The van der Waals surface area contributed by atoms with Crippen LogP contribution >= 0.6 is 0 Å². The van der Waals surface area contributed by atoms with E-state index in [4.69, 9.17) is 0 Å². The first kappa shape index (κ1) is 25.7. The Labute approximate surface area is 104 Å². The van der Waals surface area contributed by atoms with Crippen LogP contribution in [0.1, 0.15) is 0 Å². The molecule has 0 saturated carbocycles. The molecule has 0 aliphatic rings. The second kappa shape index (κ2) is 16.0. The second-order valence-corrected chi connectivity index (χ2v) is 0. The molecule has 0 rings (SSSR count). The van der Waals surface area contributed by atoms with Crippen LogP contribution in [0.3, 0.4) is 0 Å². The van der Waals surface area contributed by atoms with Crippen LogP contribution in [0, 0.1) is 37.3 Å². The van der Waals surface area contributed by atoms with E-state index in [0.29, 0.717) is 0 Å². The van der Waals surface area contributed by atoms with E-state index in [-0.39, 0.29) is 107 Å². The van der Waals surface area contributed by atoms with Gasteiger partial charge in [-0.15, -0.1) is 0 Å². The topological polar surface area (TPSA) is 0 Å². The third kappa shape index (κ3) is 9.13. The monoisotopic (exact) mass is 533 g/mol. The summed E-state index contributed by atoms with van der Waals surface area (Å²) in [5.74, 6) is 0. The van der Waals surface area contributed by atoms with Crippen molar-refractivity contribution < 1.29 is 59.7 Å². The zero-order valence-corrected chi connectivity index (χ0v) is 9.40. The minimum Gasteiger partial charge on any atom is 0 e. The molecule has 5 radical (unpaired) electrons. The Hall–Kier alpha value is 3.57. The minimum absolute atomic E-state index is 0. The van der Waals surface area contributed by atoms with Gasteiger partial charge in [0.15, 0.2) is 0 Å². The van der Waals surface area contributed by atoms with E-state index in [0.717, 1.165) is 0 Å². The molecule has 0 amide bonds. The molecular formula is AgErTe2. The summed E-state index contributed by atoms with van der Waals surface area (Å²) in [6.45, 7) is 0. The molecule has 0 fully saturated rings. The summed E-state index contributed by atoms with van der Waals surface area (Å²) in [5, 5.41) is 0. The van der Waals surface area contributed by atoms with Gasteiger partial charge in [-0.1, -0.05) is 0 Å². The van der Waals surface area contributed by atoms with Crippen molar-refractivity contribution >= 4 is 47.3 Å². The molecule has 0 aromatic rings. The summed E-state index contributed by atoms with van der Waals surface area (Å²) in [6, 6.07) is 0. The van der Waals surface area contributed by atoms with E-state index < -0.39 is 0 Å². The normalized spacial score (nSPS) is 0. The molecular weight excluding hydrogens is 530 g/mol. The molecule has 0 aliphatic heterocycles. The summed E-state index contributed by atoms with van der Waals surface area (Å²) in [4.78, 5) is 0. The van der Waals surface area contributed by atoms with Crippen LogP contribution in [-0.2, 0) is 22.4 Å². The maximum Gasteiger partial charge on any atom is 0 e. The number of rotatable bonds is 0. The van der Waals surface area contributed by atoms with Crippen LogP contribution in [0.5, 0.6) is 0 Å². The summed E-state index contributed by atoms with van der Waals surface area (Å²) >= 11 is 0. The second-order valence-electron chi connectivity index (χ2n) is 0. The quantitative estimate of drug-likeness (QED) is 0.362. The van der Waals surface area contributed by atoms with Gasteiger partial charge < -0.3 is 0 Å². The molecule has 0 aromatic heterocycles. The van der Waals surface area contributed by atoms with E-state index in [1.54, 1.807) is 0 Å². The molecule has 0 bridgehead atoms. The molecule has 0 unspecified atom stereocenters. The number of hydrogen-bond acceptors (Lipinski definition) is 0. The Bertz CT molecular complexity index is 6.00. The first-order chi connectivity index (χ1) is 0. The molecule has 0 atom stereocenters. The minimum atomic E-state index is 0. The first-order valence-electron chi connectivity index (χ1n) is 0. The Morgan fingerprint density at radius 1 is 0.750 bits per heavy atom. The molecule has 0 aliphatic carbocycles. The smallest absolute Gasteiger partial charge is 0 e. The van der Waals surface area contributed by atoms with E-state index in [9.17, 15) is 0 Å². The average molecular weight is 530 g/mol. The van der Waals surface area contributed by atoms with Crippen LogP contribution in [0.2, 0.25) is 0 Å². The van der Waals surface area contributed by atoms with Gasteiger partial charge >= 0.3 is 0 Å².